The van der Waals surface area contributed by atoms with Gasteiger partial charge in [-0.3, -0.25) is 4.79 Å². The van der Waals surface area contributed by atoms with Crippen molar-refractivity contribution in [1.82, 2.24) is 9.62 Å². The van der Waals surface area contributed by atoms with E-state index in [4.69, 9.17) is 4.74 Å². The highest BCUT2D eigenvalue weighted by molar-refractivity contribution is 7.99. The molecule has 31 heavy (non-hydrogen) atoms. The van der Waals surface area contributed by atoms with Crippen molar-refractivity contribution in [3.63, 3.8) is 0 Å². The summed E-state index contributed by atoms with van der Waals surface area (Å²) in [6.45, 7) is 2.41. The number of amides is 1. The summed E-state index contributed by atoms with van der Waals surface area (Å²) in [5, 5.41) is 3.09. The van der Waals surface area contributed by atoms with Gasteiger partial charge >= 0.3 is 0 Å². The number of nitrogens with one attached hydrogen (secondary N) is 1. The standard InChI is InChI=1S/C23H28N2O4S2/c1-16-7-5-6-13-25(16)31(27,28)22-15-17(10-11-20(22)29-2)23(26)24-19-12-14-30-21-9-4-3-8-18(19)21/h3-4,8-11,15-16,19H,5-7,12-14H2,1-2H3,(H,24,26)/t16-,19-/m1/s1. The Morgan fingerprint density at radius 3 is 2.74 bits per heavy atom. The molecule has 0 unspecified atom stereocenters. The summed E-state index contributed by atoms with van der Waals surface area (Å²) in [4.78, 5) is 14.3. The van der Waals surface area contributed by atoms with Crippen molar-refractivity contribution in [2.75, 3.05) is 19.4 Å². The number of benzene rings is 2. The first-order valence-electron chi connectivity index (χ1n) is 10.6. The molecule has 2 atom stereocenters. The van der Waals surface area contributed by atoms with Gasteiger partial charge in [0, 0.05) is 28.8 Å². The van der Waals surface area contributed by atoms with E-state index in [1.165, 1.54) is 22.4 Å². The minimum absolute atomic E-state index is 0.0519. The molecule has 8 heteroatoms. The van der Waals surface area contributed by atoms with Crippen LogP contribution in [0.1, 0.15) is 54.6 Å². The predicted octanol–water partition coefficient (Wildman–Crippen LogP) is 4.23. The van der Waals surface area contributed by atoms with Crippen LogP contribution >= 0.6 is 11.8 Å². The SMILES string of the molecule is COc1ccc(C(=O)N[C@@H]2CCSc3ccccc32)cc1S(=O)(=O)N1CCCC[C@H]1C. The van der Waals surface area contributed by atoms with Crippen molar-refractivity contribution >= 4 is 27.7 Å². The molecule has 2 heterocycles. The highest BCUT2D eigenvalue weighted by Crippen LogP contribution is 2.36. The Balaban J connectivity index is 1.63. The van der Waals surface area contributed by atoms with E-state index in [1.54, 1.807) is 23.9 Å². The van der Waals surface area contributed by atoms with Crippen LogP contribution in [0.4, 0.5) is 0 Å². The fourth-order valence-corrected chi connectivity index (χ4v) is 7.32. The summed E-state index contributed by atoms with van der Waals surface area (Å²) in [7, 11) is -2.32. The van der Waals surface area contributed by atoms with Crippen LogP contribution in [0.3, 0.4) is 0 Å². The van der Waals surface area contributed by atoms with E-state index in [0.29, 0.717) is 12.1 Å². The van der Waals surface area contributed by atoms with E-state index in [9.17, 15) is 13.2 Å². The number of ether oxygens (including phenoxy) is 1. The monoisotopic (exact) mass is 460 g/mol. The van der Waals surface area contributed by atoms with Gasteiger partial charge in [-0.2, -0.15) is 4.31 Å². The highest BCUT2D eigenvalue weighted by Gasteiger charge is 2.34. The first kappa shape index (κ1) is 22.2. The summed E-state index contributed by atoms with van der Waals surface area (Å²) >= 11 is 1.79. The third kappa shape index (κ3) is 4.47. The predicted molar refractivity (Wildman–Crippen MR) is 122 cm³/mol. The lowest BCUT2D eigenvalue weighted by Gasteiger charge is -2.32. The van der Waals surface area contributed by atoms with Crippen molar-refractivity contribution in [1.29, 1.82) is 0 Å². The number of fused-ring (bicyclic) bond motifs is 1. The molecular formula is C23H28N2O4S2. The Morgan fingerprint density at radius 2 is 1.97 bits per heavy atom. The Hall–Kier alpha value is -2.03. The molecule has 2 aromatic rings. The second-order valence-electron chi connectivity index (χ2n) is 8.03. The van der Waals surface area contributed by atoms with Crippen molar-refractivity contribution in [2.24, 2.45) is 0 Å². The molecule has 2 aliphatic heterocycles. The summed E-state index contributed by atoms with van der Waals surface area (Å²) in [5.41, 5.74) is 1.43. The van der Waals surface area contributed by atoms with E-state index in [1.807, 2.05) is 25.1 Å². The maximum Gasteiger partial charge on any atom is 0.251 e. The topological polar surface area (TPSA) is 75.7 Å². The van der Waals surface area contributed by atoms with Crippen molar-refractivity contribution < 1.29 is 17.9 Å². The maximum atomic E-state index is 13.4. The van der Waals surface area contributed by atoms with Crippen molar-refractivity contribution in [3.05, 3.63) is 53.6 Å². The Kier molecular flexibility index (Phi) is 6.60. The lowest BCUT2D eigenvalue weighted by Crippen LogP contribution is -2.42. The fraction of sp³-hybridized carbons (Fsp3) is 0.435. The quantitative estimate of drug-likeness (QED) is 0.723. The van der Waals surface area contributed by atoms with Gasteiger partial charge < -0.3 is 10.1 Å². The van der Waals surface area contributed by atoms with Gasteiger partial charge in [-0.25, -0.2) is 8.42 Å². The van der Waals surface area contributed by atoms with Crippen LogP contribution < -0.4 is 10.1 Å². The maximum absolute atomic E-state index is 13.4. The largest absolute Gasteiger partial charge is 0.495 e. The van der Waals surface area contributed by atoms with Crippen LogP contribution in [0.2, 0.25) is 0 Å². The van der Waals surface area contributed by atoms with Crippen LogP contribution in [0, 0.1) is 0 Å². The van der Waals surface area contributed by atoms with E-state index < -0.39 is 10.0 Å². The van der Waals surface area contributed by atoms with E-state index in [2.05, 4.69) is 11.4 Å². The van der Waals surface area contributed by atoms with Crippen molar-refractivity contribution in [2.45, 2.75) is 54.5 Å². The summed E-state index contributed by atoms with van der Waals surface area (Å²) in [6.07, 6.45) is 3.53. The molecule has 2 aromatic carbocycles. The Bertz CT molecular complexity index is 1070. The van der Waals surface area contributed by atoms with Crippen LogP contribution in [0.5, 0.6) is 5.75 Å². The molecule has 0 radical (unpaired) electrons. The molecule has 4 rings (SSSR count). The molecule has 0 aliphatic carbocycles. The number of methoxy groups -OCH3 is 1. The lowest BCUT2D eigenvalue weighted by molar-refractivity contribution is 0.0934. The third-order valence-corrected chi connectivity index (χ3v) is 9.18. The average molecular weight is 461 g/mol. The van der Waals surface area contributed by atoms with Crippen molar-refractivity contribution in [3.8, 4) is 5.75 Å². The Morgan fingerprint density at radius 1 is 1.16 bits per heavy atom. The first-order chi connectivity index (χ1) is 14.9. The number of carbonyl (C=O) groups is 1. The molecule has 0 saturated carbocycles. The second kappa shape index (κ2) is 9.22. The Labute approximate surface area is 188 Å². The zero-order valence-corrected chi connectivity index (χ0v) is 19.5. The number of thioether (sulfide) groups is 1. The summed E-state index contributed by atoms with van der Waals surface area (Å²) < 4.78 is 33.7. The number of nitrogens with zero attached hydrogens (tertiary/aromatic N) is 1. The van der Waals surface area contributed by atoms with E-state index >= 15 is 0 Å². The number of piperidine rings is 1. The molecule has 0 bridgehead atoms. The van der Waals surface area contributed by atoms with Gasteiger partial charge in [0.2, 0.25) is 10.0 Å². The lowest BCUT2D eigenvalue weighted by atomic mass is 10.0. The first-order valence-corrected chi connectivity index (χ1v) is 13.1. The molecular weight excluding hydrogens is 432 g/mol. The minimum Gasteiger partial charge on any atom is -0.495 e. The van der Waals surface area contributed by atoms with Gasteiger partial charge in [0.15, 0.2) is 0 Å². The molecule has 1 N–H and O–H groups in total. The van der Waals surface area contributed by atoms with Crippen LogP contribution in [0.15, 0.2) is 52.3 Å². The number of hydrogen-bond donors (Lipinski definition) is 1. The van der Waals surface area contributed by atoms with Gasteiger partial charge in [-0.1, -0.05) is 24.6 Å². The smallest absolute Gasteiger partial charge is 0.251 e. The van der Waals surface area contributed by atoms with E-state index in [-0.39, 0.29) is 28.6 Å². The molecule has 2 aliphatic rings. The number of rotatable bonds is 5. The van der Waals surface area contributed by atoms with Crippen LogP contribution in [0.25, 0.3) is 0 Å². The molecule has 0 aromatic heterocycles. The van der Waals surface area contributed by atoms with Crippen LogP contribution in [-0.2, 0) is 10.0 Å². The van der Waals surface area contributed by atoms with E-state index in [0.717, 1.165) is 37.0 Å². The molecule has 166 valence electrons. The number of sulfonamides is 1. The second-order valence-corrected chi connectivity index (χ2v) is 11.0. The fourth-order valence-electron chi connectivity index (χ4n) is 4.31. The van der Waals surface area contributed by atoms with Crippen LogP contribution in [-0.4, -0.2) is 44.1 Å². The molecule has 0 spiro atoms. The highest BCUT2D eigenvalue weighted by atomic mass is 32.2. The zero-order valence-electron chi connectivity index (χ0n) is 17.8. The van der Waals surface area contributed by atoms with Gasteiger partial charge in [-0.15, -0.1) is 11.8 Å². The normalized spacial score (nSPS) is 21.9. The average Bonchev–Trinajstić information content (AvgIpc) is 2.79. The summed E-state index contributed by atoms with van der Waals surface area (Å²) in [5.74, 6) is 0.906. The molecule has 1 saturated heterocycles. The minimum atomic E-state index is -3.77. The van der Waals surface area contributed by atoms with Gasteiger partial charge in [0.25, 0.3) is 5.91 Å². The molecule has 1 amide bonds. The zero-order chi connectivity index (χ0) is 22.0. The van der Waals surface area contributed by atoms with Gasteiger partial charge in [0.1, 0.15) is 10.6 Å². The van der Waals surface area contributed by atoms with Gasteiger partial charge in [-0.05, 0) is 56.0 Å². The van der Waals surface area contributed by atoms with Gasteiger partial charge in [0.05, 0.1) is 13.2 Å². The molecule has 1 fully saturated rings. The molecule has 6 nitrogen and oxygen atoms in total. The number of hydrogen-bond acceptors (Lipinski definition) is 5. The third-order valence-electron chi connectivity index (χ3n) is 6.02. The number of carbonyl (C=O) groups excluding carboxylic acids is 1. The summed E-state index contributed by atoms with van der Waals surface area (Å²) in [6, 6.07) is 12.6.